The number of rotatable bonds is 3. The van der Waals surface area contributed by atoms with E-state index in [0.29, 0.717) is 18.0 Å². The van der Waals surface area contributed by atoms with Gasteiger partial charge in [-0.1, -0.05) is 0 Å². The minimum absolute atomic E-state index is 0.336. The van der Waals surface area contributed by atoms with Crippen LogP contribution in [0.1, 0.15) is 12.8 Å². The number of ether oxygens (including phenoxy) is 1. The summed E-state index contributed by atoms with van der Waals surface area (Å²) in [4.78, 5) is 4.86. The summed E-state index contributed by atoms with van der Waals surface area (Å²) in [6.45, 7) is 5.15. The highest BCUT2D eigenvalue weighted by molar-refractivity contribution is 4.91. The summed E-state index contributed by atoms with van der Waals surface area (Å²) in [5.41, 5.74) is 3.04. The Bertz CT molecular complexity index is 233. The van der Waals surface area contributed by atoms with Gasteiger partial charge in [0, 0.05) is 31.2 Å². The molecule has 0 aromatic heterocycles. The number of hydrazine groups is 1. The Morgan fingerprint density at radius 1 is 1.35 bits per heavy atom. The summed E-state index contributed by atoms with van der Waals surface area (Å²) in [5.74, 6) is 6.35. The molecule has 3 atom stereocenters. The molecule has 2 rings (SSSR count). The second kappa shape index (κ2) is 6.11. The van der Waals surface area contributed by atoms with Gasteiger partial charge in [0.1, 0.15) is 0 Å². The van der Waals surface area contributed by atoms with Crippen LogP contribution in [0.15, 0.2) is 0 Å². The maximum absolute atomic E-state index is 5.79. The standard InChI is InChI=1S/C12H26N4O/c1-15-5-3-6-16(2)11(8-15)12(14-13)10-4-7-17-9-10/h10-12,14H,3-9,13H2,1-2H3. The van der Waals surface area contributed by atoms with Crippen molar-refractivity contribution in [3.05, 3.63) is 0 Å². The van der Waals surface area contributed by atoms with Gasteiger partial charge in [-0.25, -0.2) is 0 Å². The molecule has 100 valence electrons. The molecule has 0 aromatic rings. The first-order valence-electron chi connectivity index (χ1n) is 6.65. The van der Waals surface area contributed by atoms with E-state index in [-0.39, 0.29) is 0 Å². The number of nitrogens with two attached hydrogens (primary N) is 1. The topological polar surface area (TPSA) is 53.8 Å². The van der Waals surface area contributed by atoms with Crippen molar-refractivity contribution >= 4 is 0 Å². The molecule has 0 aliphatic carbocycles. The van der Waals surface area contributed by atoms with E-state index < -0.39 is 0 Å². The summed E-state index contributed by atoms with van der Waals surface area (Å²) >= 11 is 0. The van der Waals surface area contributed by atoms with Crippen molar-refractivity contribution in [1.29, 1.82) is 0 Å². The molecule has 5 heteroatoms. The van der Waals surface area contributed by atoms with Crippen molar-refractivity contribution in [2.45, 2.75) is 24.9 Å². The van der Waals surface area contributed by atoms with E-state index in [4.69, 9.17) is 10.6 Å². The zero-order valence-electron chi connectivity index (χ0n) is 11.1. The molecule has 2 aliphatic rings. The van der Waals surface area contributed by atoms with Crippen LogP contribution >= 0.6 is 0 Å². The van der Waals surface area contributed by atoms with Crippen molar-refractivity contribution < 1.29 is 4.74 Å². The van der Waals surface area contributed by atoms with Gasteiger partial charge < -0.3 is 14.5 Å². The molecule has 0 aromatic carbocycles. The normalized spacial score (nSPS) is 34.8. The van der Waals surface area contributed by atoms with Crippen molar-refractivity contribution in [2.24, 2.45) is 11.8 Å². The van der Waals surface area contributed by atoms with Gasteiger partial charge in [0.2, 0.25) is 0 Å². The number of hydrogen-bond donors (Lipinski definition) is 2. The maximum Gasteiger partial charge on any atom is 0.0511 e. The van der Waals surface area contributed by atoms with Gasteiger partial charge >= 0.3 is 0 Å². The SMILES string of the molecule is CN1CCCN(C)C(C(NN)C2CCOC2)C1. The monoisotopic (exact) mass is 242 g/mol. The lowest BCUT2D eigenvalue weighted by atomic mass is 9.92. The predicted molar refractivity (Wildman–Crippen MR) is 68.6 cm³/mol. The highest BCUT2D eigenvalue weighted by Crippen LogP contribution is 2.22. The van der Waals surface area contributed by atoms with Crippen LogP contribution in [0.3, 0.4) is 0 Å². The van der Waals surface area contributed by atoms with Crippen molar-refractivity contribution in [1.82, 2.24) is 15.2 Å². The lowest BCUT2D eigenvalue weighted by Gasteiger charge is -2.36. The van der Waals surface area contributed by atoms with E-state index in [1.807, 2.05) is 0 Å². The summed E-state index contributed by atoms with van der Waals surface area (Å²) in [7, 11) is 4.41. The van der Waals surface area contributed by atoms with Gasteiger partial charge in [-0.15, -0.1) is 0 Å². The van der Waals surface area contributed by atoms with Gasteiger partial charge in [0.15, 0.2) is 0 Å². The molecule has 2 saturated heterocycles. The van der Waals surface area contributed by atoms with Crippen LogP contribution in [0.25, 0.3) is 0 Å². The molecule has 0 spiro atoms. The van der Waals surface area contributed by atoms with Crippen molar-refractivity contribution in [2.75, 3.05) is 46.9 Å². The molecule has 3 unspecified atom stereocenters. The molecule has 17 heavy (non-hydrogen) atoms. The molecule has 2 heterocycles. The quantitative estimate of drug-likeness (QED) is 0.516. The van der Waals surface area contributed by atoms with Gasteiger partial charge in [-0.05, 0) is 40.0 Å². The summed E-state index contributed by atoms with van der Waals surface area (Å²) in [6.07, 6.45) is 2.37. The van der Waals surface area contributed by atoms with Crippen LogP contribution in [0.2, 0.25) is 0 Å². The lowest BCUT2D eigenvalue weighted by molar-refractivity contribution is 0.125. The van der Waals surface area contributed by atoms with Crippen LogP contribution in [-0.2, 0) is 4.74 Å². The lowest BCUT2D eigenvalue weighted by Crippen LogP contribution is -2.57. The summed E-state index contributed by atoms with van der Waals surface area (Å²) in [5, 5.41) is 0. The molecule has 5 nitrogen and oxygen atoms in total. The second-order valence-corrected chi connectivity index (χ2v) is 5.48. The van der Waals surface area contributed by atoms with Crippen LogP contribution in [0, 0.1) is 5.92 Å². The van der Waals surface area contributed by atoms with Crippen LogP contribution in [0.4, 0.5) is 0 Å². The molecule has 0 radical (unpaired) electrons. The average molecular weight is 242 g/mol. The first kappa shape index (κ1) is 13.2. The first-order chi connectivity index (χ1) is 8.22. The highest BCUT2D eigenvalue weighted by atomic mass is 16.5. The Labute approximate surface area is 104 Å². The molecular formula is C12H26N4O. The highest BCUT2D eigenvalue weighted by Gasteiger charge is 2.35. The maximum atomic E-state index is 5.79. The number of likely N-dealkylation sites (N-methyl/N-ethyl adjacent to an activating group) is 2. The van der Waals surface area contributed by atoms with Crippen LogP contribution in [-0.4, -0.2) is 68.8 Å². The molecular weight excluding hydrogens is 216 g/mol. The van der Waals surface area contributed by atoms with E-state index in [0.717, 1.165) is 32.7 Å². The zero-order valence-corrected chi connectivity index (χ0v) is 11.1. The third-order valence-corrected chi connectivity index (χ3v) is 4.20. The molecule has 2 fully saturated rings. The third kappa shape index (κ3) is 3.17. The Morgan fingerprint density at radius 3 is 2.82 bits per heavy atom. The Hall–Kier alpha value is -0.200. The number of hydrogen-bond acceptors (Lipinski definition) is 5. The molecule has 0 amide bonds. The predicted octanol–water partition coefficient (Wildman–Crippen LogP) is -0.509. The smallest absolute Gasteiger partial charge is 0.0511 e. The van der Waals surface area contributed by atoms with E-state index >= 15 is 0 Å². The third-order valence-electron chi connectivity index (χ3n) is 4.20. The molecule has 0 bridgehead atoms. The van der Waals surface area contributed by atoms with E-state index in [9.17, 15) is 0 Å². The Kier molecular flexibility index (Phi) is 4.76. The van der Waals surface area contributed by atoms with Crippen LogP contribution in [0.5, 0.6) is 0 Å². The van der Waals surface area contributed by atoms with E-state index in [1.54, 1.807) is 0 Å². The average Bonchev–Trinajstić information content (AvgIpc) is 2.76. The van der Waals surface area contributed by atoms with Gasteiger partial charge in [-0.2, -0.15) is 0 Å². The van der Waals surface area contributed by atoms with E-state index in [2.05, 4.69) is 29.3 Å². The fraction of sp³-hybridized carbons (Fsp3) is 1.00. The first-order valence-corrected chi connectivity index (χ1v) is 6.65. The largest absolute Gasteiger partial charge is 0.381 e. The number of nitrogens with one attached hydrogen (secondary N) is 1. The van der Waals surface area contributed by atoms with Crippen LogP contribution < -0.4 is 11.3 Å². The zero-order chi connectivity index (χ0) is 12.3. The molecule has 3 N–H and O–H groups in total. The molecule has 2 aliphatic heterocycles. The summed E-state index contributed by atoms with van der Waals surface area (Å²) < 4.78 is 5.50. The van der Waals surface area contributed by atoms with Gasteiger partial charge in [0.25, 0.3) is 0 Å². The Morgan fingerprint density at radius 2 is 2.18 bits per heavy atom. The van der Waals surface area contributed by atoms with Crippen molar-refractivity contribution in [3.8, 4) is 0 Å². The molecule has 0 saturated carbocycles. The fourth-order valence-corrected chi connectivity index (χ4v) is 3.09. The van der Waals surface area contributed by atoms with Gasteiger partial charge in [-0.3, -0.25) is 11.3 Å². The number of nitrogens with zero attached hydrogens (tertiary/aromatic N) is 2. The van der Waals surface area contributed by atoms with Crippen molar-refractivity contribution in [3.63, 3.8) is 0 Å². The second-order valence-electron chi connectivity index (χ2n) is 5.48. The Balaban J connectivity index is 2.04. The minimum atomic E-state index is 0.336. The van der Waals surface area contributed by atoms with E-state index in [1.165, 1.54) is 13.0 Å². The van der Waals surface area contributed by atoms with Gasteiger partial charge in [0.05, 0.1) is 6.61 Å². The fourth-order valence-electron chi connectivity index (χ4n) is 3.09. The summed E-state index contributed by atoms with van der Waals surface area (Å²) in [6, 6.07) is 0.822. The minimum Gasteiger partial charge on any atom is -0.381 e.